The highest BCUT2D eigenvalue weighted by Gasteiger charge is 2.54. The van der Waals surface area contributed by atoms with Crippen molar-refractivity contribution in [2.24, 2.45) is 17.8 Å². The van der Waals surface area contributed by atoms with E-state index in [2.05, 4.69) is 17.0 Å². The third-order valence-electron chi connectivity index (χ3n) is 3.98. The van der Waals surface area contributed by atoms with Gasteiger partial charge in [-0.3, -0.25) is 4.90 Å². The van der Waals surface area contributed by atoms with Crippen LogP contribution in [0.3, 0.4) is 0 Å². The predicted octanol–water partition coefficient (Wildman–Crippen LogP) is 2.01. The Morgan fingerprint density at radius 2 is 1.81 bits per heavy atom. The van der Waals surface area contributed by atoms with Crippen LogP contribution < -0.4 is 0 Å². The minimum atomic E-state index is 0.379. The van der Waals surface area contributed by atoms with E-state index in [-0.39, 0.29) is 0 Å². The Labute approximate surface area is 101 Å². The summed E-state index contributed by atoms with van der Waals surface area (Å²) in [6.07, 6.45) is 0. The number of hydrogen-bond acceptors (Lipinski definition) is 2. The van der Waals surface area contributed by atoms with E-state index in [0.29, 0.717) is 12.5 Å². The molecular formula is C13H16ClNO. The number of nitrogens with zero attached hydrogens (tertiary/aromatic N) is 1. The topological polar surface area (TPSA) is 23.5 Å². The van der Waals surface area contributed by atoms with Gasteiger partial charge in [0.2, 0.25) is 0 Å². The zero-order valence-electron chi connectivity index (χ0n) is 9.14. The minimum Gasteiger partial charge on any atom is -0.396 e. The first-order valence-corrected chi connectivity index (χ1v) is 6.23. The summed E-state index contributed by atoms with van der Waals surface area (Å²) >= 11 is 5.86. The maximum Gasteiger partial charge on any atom is 0.0465 e. The van der Waals surface area contributed by atoms with E-state index in [1.165, 1.54) is 5.56 Å². The summed E-state index contributed by atoms with van der Waals surface area (Å²) in [5.41, 5.74) is 1.33. The molecule has 1 heterocycles. The molecule has 1 aromatic carbocycles. The fourth-order valence-electron chi connectivity index (χ4n) is 2.98. The number of piperidine rings is 1. The summed E-state index contributed by atoms with van der Waals surface area (Å²) in [4.78, 5) is 2.48. The lowest BCUT2D eigenvalue weighted by Crippen LogP contribution is -2.24. The summed E-state index contributed by atoms with van der Waals surface area (Å²) in [7, 11) is 0. The van der Waals surface area contributed by atoms with Gasteiger partial charge in [-0.1, -0.05) is 23.7 Å². The maximum absolute atomic E-state index is 9.09. The van der Waals surface area contributed by atoms with E-state index in [9.17, 15) is 0 Å². The van der Waals surface area contributed by atoms with E-state index in [0.717, 1.165) is 36.5 Å². The van der Waals surface area contributed by atoms with Crippen LogP contribution >= 0.6 is 11.6 Å². The van der Waals surface area contributed by atoms with Crippen molar-refractivity contribution in [2.45, 2.75) is 6.54 Å². The van der Waals surface area contributed by atoms with Gasteiger partial charge in [0, 0.05) is 31.3 Å². The van der Waals surface area contributed by atoms with Crippen molar-refractivity contribution < 1.29 is 5.11 Å². The molecule has 1 N–H and O–H groups in total. The molecule has 2 nitrogen and oxygen atoms in total. The summed E-state index contributed by atoms with van der Waals surface area (Å²) in [5, 5.41) is 9.88. The number of aliphatic hydroxyl groups is 1. The van der Waals surface area contributed by atoms with Crippen molar-refractivity contribution in [2.75, 3.05) is 19.7 Å². The first-order valence-electron chi connectivity index (χ1n) is 5.85. The SMILES string of the molecule is OCC1C2CN(Cc3ccc(Cl)cc3)CC12. The second-order valence-electron chi connectivity index (χ2n) is 4.99. The van der Waals surface area contributed by atoms with Gasteiger partial charge in [0.15, 0.2) is 0 Å². The van der Waals surface area contributed by atoms with Crippen LogP contribution in [0.25, 0.3) is 0 Å². The van der Waals surface area contributed by atoms with Gasteiger partial charge >= 0.3 is 0 Å². The van der Waals surface area contributed by atoms with Gasteiger partial charge in [-0.25, -0.2) is 0 Å². The first kappa shape index (κ1) is 10.6. The fraction of sp³-hybridized carbons (Fsp3) is 0.538. The molecule has 2 fully saturated rings. The minimum absolute atomic E-state index is 0.379. The maximum atomic E-state index is 9.09. The quantitative estimate of drug-likeness (QED) is 0.870. The Kier molecular flexibility index (Phi) is 2.66. The standard InChI is InChI=1S/C13H16ClNO/c14-10-3-1-9(2-4-10)5-15-6-11-12(7-15)13(11)8-16/h1-4,11-13,16H,5-8H2. The van der Waals surface area contributed by atoms with Crippen LogP contribution in [0.1, 0.15) is 5.56 Å². The zero-order chi connectivity index (χ0) is 11.1. The largest absolute Gasteiger partial charge is 0.396 e. The Hall–Kier alpha value is -0.570. The molecule has 0 radical (unpaired) electrons. The Morgan fingerprint density at radius 3 is 2.38 bits per heavy atom. The van der Waals surface area contributed by atoms with Gasteiger partial charge in [0.05, 0.1) is 0 Å². The molecule has 2 aliphatic rings. The monoisotopic (exact) mass is 237 g/mol. The van der Waals surface area contributed by atoms with Gasteiger partial charge in [-0.15, -0.1) is 0 Å². The smallest absolute Gasteiger partial charge is 0.0465 e. The van der Waals surface area contributed by atoms with Crippen LogP contribution in [0.15, 0.2) is 24.3 Å². The zero-order valence-corrected chi connectivity index (χ0v) is 9.90. The molecule has 16 heavy (non-hydrogen) atoms. The number of hydrogen-bond donors (Lipinski definition) is 1. The molecule has 1 saturated carbocycles. The van der Waals surface area contributed by atoms with Crippen LogP contribution in [-0.2, 0) is 6.54 Å². The van der Waals surface area contributed by atoms with Crippen molar-refractivity contribution in [1.82, 2.24) is 4.90 Å². The molecule has 0 aromatic heterocycles. The van der Waals surface area contributed by atoms with Crippen LogP contribution in [0, 0.1) is 17.8 Å². The lowest BCUT2D eigenvalue weighted by atomic mass is 10.2. The van der Waals surface area contributed by atoms with Crippen molar-refractivity contribution in [3.05, 3.63) is 34.9 Å². The molecule has 0 spiro atoms. The van der Waals surface area contributed by atoms with Crippen LogP contribution in [0.4, 0.5) is 0 Å². The molecule has 1 aliphatic heterocycles. The highest BCUT2D eigenvalue weighted by atomic mass is 35.5. The molecule has 0 amide bonds. The van der Waals surface area contributed by atoms with E-state index in [1.54, 1.807) is 0 Å². The van der Waals surface area contributed by atoms with Crippen LogP contribution in [0.2, 0.25) is 5.02 Å². The molecule has 3 rings (SSSR count). The van der Waals surface area contributed by atoms with Gasteiger partial charge in [0.1, 0.15) is 0 Å². The molecule has 1 aromatic rings. The third-order valence-corrected chi connectivity index (χ3v) is 4.23. The lowest BCUT2D eigenvalue weighted by Gasteiger charge is -2.18. The van der Waals surface area contributed by atoms with E-state index < -0.39 is 0 Å². The Balaban J connectivity index is 1.56. The second-order valence-corrected chi connectivity index (χ2v) is 5.43. The van der Waals surface area contributed by atoms with Gasteiger partial charge < -0.3 is 5.11 Å². The number of halogens is 1. The van der Waals surface area contributed by atoms with Crippen LogP contribution in [0.5, 0.6) is 0 Å². The molecule has 1 saturated heterocycles. The number of benzene rings is 1. The second kappa shape index (κ2) is 4.02. The summed E-state index contributed by atoms with van der Waals surface area (Å²) in [5.74, 6) is 2.12. The third kappa shape index (κ3) is 1.86. The van der Waals surface area contributed by atoms with E-state index in [1.807, 2.05) is 12.1 Å². The highest BCUT2D eigenvalue weighted by Crippen LogP contribution is 2.51. The summed E-state index contributed by atoms with van der Waals surface area (Å²) in [6.45, 7) is 3.70. The molecule has 1 aliphatic carbocycles. The van der Waals surface area contributed by atoms with Crippen molar-refractivity contribution in [3.8, 4) is 0 Å². The molecule has 2 atom stereocenters. The molecule has 3 heteroatoms. The Morgan fingerprint density at radius 1 is 1.19 bits per heavy atom. The summed E-state index contributed by atoms with van der Waals surface area (Å²) < 4.78 is 0. The van der Waals surface area contributed by atoms with Crippen molar-refractivity contribution >= 4 is 11.6 Å². The average molecular weight is 238 g/mol. The fourth-order valence-corrected chi connectivity index (χ4v) is 3.11. The van der Waals surface area contributed by atoms with E-state index >= 15 is 0 Å². The average Bonchev–Trinajstić information content (AvgIpc) is 2.76. The number of likely N-dealkylation sites (tertiary alicyclic amines) is 1. The first-order chi connectivity index (χ1) is 7.78. The highest BCUT2D eigenvalue weighted by molar-refractivity contribution is 6.30. The molecular weight excluding hydrogens is 222 g/mol. The molecule has 0 bridgehead atoms. The molecule has 86 valence electrons. The van der Waals surface area contributed by atoms with E-state index in [4.69, 9.17) is 16.7 Å². The Bertz CT molecular complexity index is 366. The number of aliphatic hydroxyl groups excluding tert-OH is 1. The van der Waals surface area contributed by atoms with Crippen molar-refractivity contribution in [3.63, 3.8) is 0 Å². The predicted molar refractivity (Wildman–Crippen MR) is 64.3 cm³/mol. The molecule has 2 unspecified atom stereocenters. The van der Waals surface area contributed by atoms with Gasteiger partial charge in [-0.2, -0.15) is 0 Å². The van der Waals surface area contributed by atoms with Crippen LogP contribution in [-0.4, -0.2) is 29.7 Å². The summed E-state index contributed by atoms with van der Waals surface area (Å²) in [6, 6.07) is 8.08. The lowest BCUT2D eigenvalue weighted by molar-refractivity contribution is 0.217. The number of rotatable bonds is 3. The van der Waals surface area contributed by atoms with Gasteiger partial charge in [-0.05, 0) is 35.4 Å². The van der Waals surface area contributed by atoms with Gasteiger partial charge in [0.25, 0.3) is 0 Å². The normalized spacial score (nSPS) is 32.8. The number of fused-ring (bicyclic) bond motifs is 1. The van der Waals surface area contributed by atoms with Crippen molar-refractivity contribution in [1.29, 1.82) is 0 Å².